The summed E-state index contributed by atoms with van der Waals surface area (Å²) in [5, 5.41) is -6.71. The molecule has 1 heterocycles. The number of benzene rings is 9. The van der Waals surface area contributed by atoms with E-state index in [0.29, 0.717) is 0 Å². The van der Waals surface area contributed by atoms with Gasteiger partial charge in [-0.2, -0.15) is 0 Å². The minimum absolute atomic E-state index is 0.474. The highest BCUT2D eigenvalue weighted by Gasteiger charge is 2.22. The average Bonchev–Trinajstić information content (AvgIpc) is 3.78. The monoisotopic (exact) mass is 624 g/mol. The summed E-state index contributed by atoms with van der Waals surface area (Å²) < 4.78 is 260. The Morgan fingerprint density at radius 1 is 0.362 bits per heavy atom. The topological polar surface area (TPSA) is 13.1 Å². The minimum Gasteiger partial charge on any atom is -0.455 e. The Hall–Kier alpha value is -6.18. The molecule has 0 bridgehead atoms. The molecule has 0 spiro atoms. The summed E-state index contributed by atoms with van der Waals surface area (Å²) >= 11 is 0. The lowest BCUT2D eigenvalue weighted by Crippen LogP contribution is -1.93. The molecule has 1 aromatic heterocycles. The molecule has 0 unspecified atom stereocenters. The van der Waals surface area contributed by atoms with Gasteiger partial charge in [-0.15, -0.1) is 0 Å². The summed E-state index contributed by atoms with van der Waals surface area (Å²) in [4.78, 5) is 0. The molecule has 47 heavy (non-hydrogen) atoms. The van der Waals surface area contributed by atoms with Crippen LogP contribution in [0.25, 0.3) is 98.4 Å². The first-order valence-corrected chi connectivity index (χ1v) is 13.9. The van der Waals surface area contributed by atoms with Crippen molar-refractivity contribution in [3.8, 4) is 33.4 Å². The first-order valence-electron chi connectivity index (χ1n) is 27.9. The van der Waals surface area contributed by atoms with Crippen LogP contribution in [-0.4, -0.2) is 0 Å². The Labute approximate surface area is 311 Å². The highest BCUT2D eigenvalue weighted by Crippen LogP contribution is 2.49. The fourth-order valence-electron chi connectivity index (χ4n) is 5.91. The lowest BCUT2D eigenvalue weighted by molar-refractivity contribution is 0.673. The summed E-state index contributed by atoms with van der Waals surface area (Å²) in [6, 6.07) is -26.6. The van der Waals surface area contributed by atoms with Crippen molar-refractivity contribution in [1.29, 1.82) is 0 Å². The summed E-state index contributed by atoms with van der Waals surface area (Å²) in [5.41, 5.74) is -6.00. The molecule has 0 atom stereocenters. The number of furan rings is 1. The molecule has 0 fully saturated rings. The van der Waals surface area contributed by atoms with E-state index < -0.39 is 268 Å². The van der Waals surface area contributed by atoms with E-state index >= 15 is 0 Å². The number of fused-ring (bicyclic) bond motifs is 8. The molecule has 10 rings (SSSR count). The third-order valence-corrected chi connectivity index (χ3v) is 7.81. The van der Waals surface area contributed by atoms with E-state index in [1.54, 1.807) is 0 Å². The van der Waals surface area contributed by atoms with E-state index in [1.807, 2.05) is 0 Å². The van der Waals surface area contributed by atoms with Crippen molar-refractivity contribution in [2.75, 3.05) is 0 Å². The van der Waals surface area contributed by atoms with Crippen LogP contribution in [0.1, 0.15) is 38.4 Å². The molecule has 0 N–H and O–H groups in total. The van der Waals surface area contributed by atoms with Crippen molar-refractivity contribution in [3.63, 3.8) is 0 Å². The molecule has 0 saturated heterocycles. The van der Waals surface area contributed by atoms with Gasteiger partial charge in [0.15, 0.2) is 0 Å². The SMILES string of the molecule is [2H]c1c([2H])c([2H])c(-c2c([2H])c(-c3c4c([2H])c([2H])c([2H])c([2H])c4c(-c4c([2H])c([2H])c([2H])c5oc6c7c([2H])c([2H])c([2H])c([2H])c7c([2H])c([2H])c6c45)c4c([2H])c([2H])c([2H])c([2H])c34)c3c([2H])c([2H])c([2H])c([2H])c3c2[2H])c([2H])c1[2H]. The second-order valence-corrected chi connectivity index (χ2v) is 10.3. The van der Waals surface area contributed by atoms with Crippen molar-refractivity contribution in [2.24, 2.45) is 0 Å². The second kappa shape index (κ2) is 10.2. The van der Waals surface area contributed by atoms with Gasteiger partial charge in [0.25, 0.3) is 0 Å². The van der Waals surface area contributed by atoms with E-state index in [0.717, 1.165) is 0 Å². The number of hydrogen-bond donors (Lipinski definition) is 0. The maximum Gasteiger partial charge on any atom is 0.143 e. The van der Waals surface area contributed by atoms with Gasteiger partial charge in [0.2, 0.25) is 0 Å². The standard InChI is InChI=1S/C46H28O/c1-2-13-29(14-3-1)32-27-31-16-5-6-17-33(31)41(28-32)44-37-21-10-8-19-35(37)43(36-20-9-11-22-38(36)44)39-23-12-24-42-45(39)40-26-25-30-15-4-7-18-34(30)46(40)47-42/h1-28H/i1D,2D,3D,4D,5D,6D,7D,8D,9D,10D,11D,12D,13D,14D,15D,16D,17D,18D,19D,20D,21D,22D,23D,24D,25D,26D,27D,28D. The van der Waals surface area contributed by atoms with Crippen LogP contribution in [0, 0.1) is 0 Å². The van der Waals surface area contributed by atoms with Gasteiger partial charge in [-0.1, -0.05) is 145 Å². The normalized spacial score (nSPS) is 20.2. The zero-order chi connectivity index (χ0) is 55.3. The number of hydrogen-bond acceptors (Lipinski definition) is 1. The van der Waals surface area contributed by atoms with Gasteiger partial charge in [0.05, 0.1) is 38.4 Å². The van der Waals surface area contributed by atoms with E-state index in [1.165, 1.54) is 0 Å². The predicted molar refractivity (Wildman–Crippen MR) is 200 cm³/mol. The Bertz CT molecular complexity index is 4330. The molecule has 1 heteroatoms. The average molecular weight is 625 g/mol. The third kappa shape index (κ3) is 3.90. The zero-order valence-electron chi connectivity index (χ0n) is 51.4. The lowest BCUT2D eigenvalue weighted by Gasteiger charge is -2.20. The van der Waals surface area contributed by atoms with E-state index in [-0.39, 0.29) is 0 Å². The van der Waals surface area contributed by atoms with E-state index in [4.69, 9.17) is 30.5 Å². The molecule has 1 nitrogen and oxygen atoms in total. The molecular formula is C46H28O. The van der Waals surface area contributed by atoms with Gasteiger partial charge in [-0.25, -0.2) is 0 Å². The van der Waals surface area contributed by atoms with E-state index in [2.05, 4.69) is 0 Å². The quantitative estimate of drug-likeness (QED) is 0.178. The Balaban J connectivity index is 1.60. The van der Waals surface area contributed by atoms with Gasteiger partial charge in [0, 0.05) is 16.2 Å². The van der Waals surface area contributed by atoms with Crippen molar-refractivity contribution < 1.29 is 42.8 Å². The Kier molecular flexibility index (Phi) is 2.31. The van der Waals surface area contributed by atoms with Crippen LogP contribution < -0.4 is 0 Å². The summed E-state index contributed by atoms with van der Waals surface area (Å²) in [6.45, 7) is 0. The predicted octanol–water partition coefficient (Wildman–Crippen LogP) is 13.2. The Morgan fingerprint density at radius 3 is 1.64 bits per heavy atom. The van der Waals surface area contributed by atoms with Crippen molar-refractivity contribution >= 4 is 65.0 Å². The van der Waals surface area contributed by atoms with Crippen LogP contribution in [0.2, 0.25) is 0 Å². The molecule has 10 aromatic rings. The van der Waals surface area contributed by atoms with Gasteiger partial charge >= 0.3 is 0 Å². The first-order chi connectivity index (χ1) is 35.0. The fraction of sp³-hybridized carbons (Fsp3) is 0. The minimum atomic E-state index is -1.08. The Morgan fingerprint density at radius 2 is 0.936 bits per heavy atom. The van der Waals surface area contributed by atoms with Crippen LogP contribution in [0.4, 0.5) is 0 Å². The summed E-state index contributed by atoms with van der Waals surface area (Å²) in [7, 11) is 0. The molecule has 0 saturated carbocycles. The zero-order valence-corrected chi connectivity index (χ0v) is 23.4. The maximum absolute atomic E-state index is 9.99. The molecule has 9 aromatic carbocycles. The van der Waals surface area contributed by atoms with Crippen LogP contribution in [0.5, 0.6) is 0 Å². The van der Waals surface area contributed by atoms with Gasteiger partial charge < -0.3 is 4.42 Å². The smallest absolute Gasteiger partial charge is 0.143 e. The highest BCUT2D eigenvalue weighted by molar-refractivity contribution is 6.28. The van der Waals surface area contributed by atoms with Gasteiger partial charge in [-0.3, -0.25) is 0 Å². The lowest BCUT2D eigenvalue weighted by atomic mass is 9.83. The van der Waals surface area contributed by atoms with E-state index in [9.17, 15) is 12.3 Å². The summed E-state index contributed by atoms with van der Waals surface area (Å²) in [5.74, 6) is 0. The third-order valence-electron chi connectivity index (χ3n) is 7.81. The summed E-state index contributed by atoms with van der Waals surface area (Å²) in [6.07, 6.45) is 0. The van der Waals surface area contributed by atoms with Crippen LogP contribution in [-0.2, 0) is 0 Å². The molecule has 0 amide bonds. The molecule has 218 valence electrons. The fourth-order valence-corrected chi connectivity index (χ4v) is 5.91. The molecule has 0 aliphatic rings. The van der Waals surface area contributed by atoms with Crippen LogP contribution >= 0.6 is 0 Å². The largest absolute Gasteiger partial charge is 0.455 e. The highest BCUT2D eigenvalue weighted by atomic mass is 16.3. The molecule has 0 aliphatic carbocycles. The van der Waals surface area contributed by atoms with Crippen LogP contribution in [0.15, 0.2) is 174 Å². The first kappa shape index (κ1) is 10.7. The number of rotatable bonds is 3. The van der Waals surface area contributed by atoms with Crippen molar-refractivity contribution in [2.45, 2.75) is 0 Å². The van der Waals surface area contributed by atoms with Crippen LogP contribution in [0.3, 0.4) is 0 Å². The maximum atomic E-state index is 9.99. The van der Waals surface area contributed by atoms with Crippen molar-refractivity contribution in [3.05, 3.63) is 169 Å². The molecular weight excluding hydrogens is 569 g/mol. The second-order valence-electron chi connectivity index (χ2n) is 10.3. The molecule has 0 aliphatic heterocycles. The van der Waals surface area contributed by atoms with Gasteiger partial charge in [-0.05, 0) is 95.3 Å². The van der Waals surface area contributed by atoms with Gasteiger partial charge in [0.1, 0.15) is 11.2 Å². The molecule has 0 radical (unpaired) electrons. The van der Waals surface area contributed by atoms with Crippen molar-refractivity contribution in [1.82, 2.24) is 0 Å².